The monoisotopic (exact) mass is 408 g/mol. The van der Waals surface area contributed by atoms with Gasteiger partial charge in [0.1, 0.15) is 0 Å². The molecular weight excluding hydrogens is 384 g/mol. The van der Waals surface area contributed by atoms with Gasteiger partial charge >= 0.3 is 5.97 Å². The van der Waals surface area contributed by atoms with Gasteiger partial charge in [0, 0.05) is 29.5 Å². The SMILES string of the molecule is C=CCN1C(=O)c2ccc(C(=O)OCC(=O)c3cc(C)n(C(C)C)c3C)cc2C1=O. The van der Waals surface area contributed by atoms with Gasteiger partial charge in [-0.05, 0) is 52.0 Å². The molecule has 1 aliphatic heterocycles. The molecule has 2 heterocycles. The fraction of sp³-hybridized carbons (Fsp3) is 0.304. The van der Waals surface area contributed by atoms with E-state index < -0.39 is 24.4 Å². The molecule has 2 amide bonds. The zero-order chi connectivity index (χ0) is 22.2. The van der Waals surface area contributed by atoms with E-state index in [1.54, 1.807) is 6.07 Å². The maximum Gasteiger partial charge on any atom is 0.338 e. The van der Waals surface area contributed by atoms with E-state index in [1.807, 2.05) is 32.3 Å². The minimum Gasteiger partial charge on any atom is -0.454 e. The van der Waals surface area contributed by atoms with E-state index in [2.05, 4.69) is 6.58 Å². The number of aromatic nitrogens is 1. The first-order chi connectivity index (χ1) is 14.2. The van der Waals surface area contributed by atoms with Crippen LogP contribution in [-0.2, 0) is 4.74 Å². The molecule has 1 aliphatic rings. The molecule has 0 radical (unpaired) electrons. The topological polar surface area (TPSA) is 85.7 Å². The van der Waals surface area contributed by atoms with Gasteiger partial charge in [-0.1, -0.05) is 6.08 Å². The van der Waals surface area contributed by atoms with Crippen molar-refractivity contribution in [1.29, 1.82) is 0 Å². The molecule has 0 atom stereocenters. The Labute approximate surface area is 174 Å². The maximum absolute atomic E-state index is 12.6. The second-order valence-corrected chi connectivity index (χ2v) is 7.52. The highest BCUT2D eigenvalue weighted by molar-refractivity contribution is 6.22. The summed E-state index contributed by atoms with van der Waals surface area (Å²) in [5.41, 5.74) is 2.79. The van der Waals surface area contributed by atoms with Crippen LogP contribution < -0.4 is 0 Å². The van der Waals surface area contributed by atoms with E-state index in [0.717, 1.165) is 16.3 Å². The number of carbonyl (C=O) groups is 4. The fourth-order valence-corrected chi connectivity index (χ4v) is 3.86. The predicted molar refractivity (Wildman–Crippen MR) is 111 cm³/mol. The van der Waals surface area contributed by atoms with E-state index >= 15 is 0 Å². The van der Waals surface area contributed by atoms with E-state index in [4.69, 9.17) is 4.74 Å². The largest absolute Gasteiger partial charge is 0.454 e. The smallest absolute Gasteiger partial charge is 0.338 e. The number of carbonyl (C=O) groups excluding carboxylic acids is 4. The highest BCUT2D eigenvalue weighted by Crippen LogP contribution is 2.25. The number of hydrogen-bond acceptors (Lipinski definition) is 5. The number of imide groups is 1. The van der Waals surface area contributed by atoms with Crippen molar-refractivity contribution in [3.63, 3.8) is 0 Å². The highest BCUT2D eigenvalue weighted by Gasteiger charge is 2.35. The number of hydrogen-bond donors (Lipinski definition) is 0. The van der Waals surface area contributed by atoms with Gasteiger partial charge in [-0.15, -0.1) is 6.58 Å². The van der Waals surface area contributed by atoms with E-state index in [1.165, 1.54) is 24.3 Å². The van der Waals surface area contributed by atoms with Crippen LogP contribution in [0, 0.1) is 13.8 Å². The predicted octanol–water partition coefficient (Wildman–Crippen LogP) is 3.51. The third-order valence-electron chi connectivity index (χ3n) is 5.15. The summed E-state index contributed by atoms with van der Waals surface area (Å²) in [6.45, 7) is 11.1. The first-order valence-corrected chi connectivity index (χ1v) is 9.67. The van der Waals surface area contributed by atoms with Gasteiger partial charge in [0.15, 0.2) is 6.61 Å². The minimum atomic E-state index is -0.730. The summed E-state index contributed by atoms with van der Waals surface area (Å²) in [4.78, 5) is 50.7. The zero-order valence-corrected chi connectivity index (χ0v) is 17.5. The molecule has 0 saturated carbocycles. The van der Waals surface area contributed by atoms with Crippen molar-refractivity contribution in [2.75, 3.05) is 13.2 Å². The Kier molecular flexibility index (Phi) is 5.73. The lowest BCUT2D eigenvalue weighted by Gasteiger charge is -2.13. The number of rotatable bonds is 7. The van der Waals surface area contributed by atoms with Crippen LogP contribution in [0.3, 0.4) is 0 Å². The van der Waals surface area contributed by atoms with Crippen molar-refractivity contribution in [3.8, 4) is 0 Å². The van der Waals surface area contributed by atoms with E-state index in [0.29, 0.717) is 5.56 Å². The number of Topliss-reactive ketones (excluding diaryl/α,β-unsaturated/α-hetero) is 1. The van der Waals surface area contributed by atoms with Crippen LogP contribution in [0.1, 0.15) is 72.7 Å². The number of benzene rings is 1. The summed E-state index contributed by atoms with van der Waals surface area (Å²) >= 11 is 0. The molecule has 156 valence electrons. The van der Waals surface area contributed by atoms with Crippen molar-refractivity contribution in [3.05, 3.63) is 70.6 Å². The second-order valence-electron chi connectivity index (χ2n) is 7.52. The maximum atomic E-state index is 12.6. The van der Waals surface area contributed by atoms with Gasteiger partial charge in [-0.2, -0.15) is 0 Å². The van der Waals surface area contributed by atoms with Gasteiger partial charge < -0.3 is 9.30 Å². The third kappa shape index (κ3) is 3.58. The van der Waals surface area contributed by atoms with Gasteiger partial charge in [-0.25, -0.2) is 4.79 Å². The molecule has 0 unspecified atom stereocenters. The summed E-state index contributed by atoms with van der Waals surface area (Å²) in [6.07, 6.45) is 1.46. The normalized spacial score (nSPS) is 13.0. The summed E-state index contributed by atoms with van der Waals surface area (Å²) in [7, 11) is 0. The Bertz CT molecular complexity index is 1080. The van der Waals surface area contributed by atoms with Gasteiger partial charge in [0.25, 0.3) is 11.8 Å². The summed E-state index contributed by atoms with van der Waals surface area (Å²) in [5.74, 6) is -1.94. The molecule has 7 heteroatoms. The molecule has 0 N–H and O–H groups in total. The quantitative estimate of drug-likeness (QED) is 0.303. The Morgan fingerprint density at radius 3 is 2.37 bits per heavy atom. The molecule has 0 aliphatic carbocycles. The number of ether oxygens (including phenoxy) is 1. The Hall–Kier alpha value is -3.48. The van der Waals surface area contributed by atoms with Crippen molar-refractivity contribution in [2.24, 2.45) is 0 Å². The molecule has 0 saturated heterocycles. The van der Waals surface area contributed by atoms with E-state index in [-0.39, 0.29) is 35.1 Å². The molecule has 2 aromatic rings. The molecule has 1 aromatic heterocycles. The van der Waals surface area contributed by atoms with Crippen molar-refractivity contribution in [2.45, 2.75) is 33.7 Å². The van der Waals surface area contributed by atoms with Gasteiger partial charge in [-0.3, -0.25) is 19.3 Å². The van der Waals surface area contributed by atoms with Gasteiger partial charge in [0.2, 0.25) is 5.78 Å². The number of amides is 2. The average molecular weight is 408 g/mol. The summed E-state index contributed by atoms with van der Waals surface area (Å²) < 4.78 is 7.23. The van der Waals surface area contributed by atoms with Crippen LogP contribution in [0.25, 0.3) is 0 Å². The lowest BCUT2D eigenvalue weighted by atomic mass is 10.1. The third-order valence-corrected chi connectivity index (χ3v) is 5.15. The zero-order valence-electron chi connectivity index (χ0n) is 17.5. The van der Waals surface area contributed by atoms with Crippen molar-refractivity contribution >= 4 is 23.6 Å². The number of nitrogens with zero attached hydrogens (tertiary/aromatic N) is 2. The molecule has 0 bridgehead atoms. The molecule has 0 spiro atoms. The molecule has 7 nitrogen and oxygen atoms in total. The Morgan fingerprint density at radius 2 is 1.77 bits per heavy atom. The molecule has 30 heavy (non-hydrogen) atoms. The Balaban J connectivity index is 1.73. The standard InChI is InChI=1S/C23H24N2O5/c1-6-9-24-21(27)17-8-7-16(11-19(17)22(24)28)23(29)30-12-20(26)18-10-14(4)25(13(2)3)15(18)5/h6-8,10-11,13H,1,9,12H2,2-5H3. The number of esters is 1. The van der Waals surface area contributed by atoms with Crippen LogP contribution in [0.4, 0.5) is 0 Å². The lowest BCUT2D eigenvalue weighted by molar-refractivity contribution is 0.0474. The number of ketones is 1. The van der Waals surface area contributed by atoms with Crippen molar-refractivity contribution in [1.82, 2.24) is 9.47 Å². The van der Waals surface area contributed by atoms with Crippen LogP contribution in [0.2, 0.25) is 0 Å². The van der Waals surface area contributed by atoms with Gasteiger partial charge in [0.05, 0.1) is 16.7 Å². The molecular formula is C23H24N2O5. The lowest BCUT2D eigenvalue weighted by Crippen LogP contribution is -2.29. The van der Waals surface area contributed by atoms with E-state index in [9.17, 15) is 19.2 Å². The fourth-order valence-electron chi connectivity index (χ4n) is 3.86. The average Bonchev–Trinajstić information content (AvgIpc) is 3.14. The molecule has 0 fully saturated rings. The van der Waals surface area contributed by atoms with Crippen LogP contribution >= 0.6 is 0 Å². The number of aryl methyl sites for hydroxylation is 1. The first kappa shape index (κ1) is 21.2. The Morgan fingerprint density at radius 1 is 1.10 bits per heavy atom. The van der Waals surface area contributed by atoms with Crippen LogP contribution in [0.15, 0.2) is 36.9 Å². The summed E-state index contributed by atoms with van der Waals surface area (Å²) in [6, 6.07) is 6.17. The first-order valence-electron chi connectivity index (χ1n) is 9.67. The van der Waals surface area contributed by atoms with Crippen LogP contribution in [0.5, 0.6) is 0 Å². The number of fused-ring (bicyclic) bond motifs is 1. The molecule has 3 rings (SSSR count). The second kappa shape index (κ2) is 8.10. The van der Waals surface area contributed by atoms with Crippen LogP contribution in [-0.4, -0.2) is 46.2 Å². The summed E-state index contributed by atoms with van der Waals surface area (Å²) in [5, 5.41) is 0. The minimum absolute atomic E-state index is 0.0927. The molecule has 1 aromatic carbocycles. The van der Waals surface area contributed by atoms with Crippen molar-refractivity contribution < 1.29 is 23.9 Å². The highest BCUT2D eigenvalue weighted by atomic mass is 16.5.